The maximum atomic E-state index is 5.14. The molecule has 0 aliphatic carbocycles. The predicted molar refractivity (Wildman–Crippen MR) is 91.9 cm³/mol. The van der Waals surface area contributed by atoms with Gasteiger partial charge in [-0.15, -0.1) is 0 Å². The largest absolute Gasteiger partial charge is 0.361 e. The lowest BCUT2D eigenvalue weighted by Crippen LogP contribution is -2.46. The highest BCUT2D eigenvalue weighted by Gasteiger charge is 2.20. The van der Waals surface area contributed by atoms with Crippen LogP contribution in [0.25, 0.3) is 0 Å². The fourth-order valence-corrected chi connectivity index (χ4v) is 3.14. The molecule has 7 heteroatoms. The Bertz CT molecular complexity index is 629. The van der Waals surface area contributed by atoms with Crippen LogP contribution >= 0.6 is 11.8 Å². The zero-order valence-electron chi connectivity index (χ0n) is 13.9. The van der Waals surface area contributed by atoms with Gasteiger partial charge in [0.05, 0.1) is 5.69 Å². The molecular formula is C16H23N5OS. The monoisotopic (exact) mass is 333 g/mol. The normalized spacial score (nSPS) is 16.0. The smallest absolute Gasteiger partial charge is 0.189 e. The average molecular weight is 333 g/mol. The minimum atomic E-state index is 0.852. The van der Waals surface area contributed by atoms with Crippen LogP contribution in [-0.4, -0.2) is 52.5 Å². The summed E-state index contributed by atoms with van der Waals surface area (Å²) in [5, 5.41) is 4.94. The third-order valence-corrected chi connectivity index (χ3v) is 4.60. The van der Waals surface area contributed by atoms with Gasteiger partial charge in [-0.3, -0.25) is 4.90 Å². The molecule has 0 spiro atoms. The Hall–Kier alpha value is -1.60. The standard InChI is InChI=1S/C16H23N5OS/c1-4-13-10-15(18-16(17-13)23-3)21-7-5-20(6-8-21)11-14-9-12(2)22-19-14/h9-10H,4-8,11H2,1-3H3. The lowest BCUT2D eigenvalue weighted by Gasteiger charge is -2.35. The predicted octanol–water partition coefficient (Wildman–Crippen LogP) is 2.38. The highest BCUT2D eigenvalue weighted by Crippen LogP contribution is 2.20. The van der Waals surface area contributed by atoms with Crippen LogP contribution in [-0.2, 0) is 13.0 Å². The van der Waals surface area contributed by atoms with Gasteiger partial charge in [0.1, 0.15) is 11.6 Å². The minimum absolute atomic E-state index is 0.852. The summed E-state index contributed by atoms with van der Waals surface area (Å²) in [7, 11) is 0. The molecule has 0 radical (unpaired) electrons. The van der Waals surface area contributed by atoms with Gasteiger partial charge in [0.15, 0.2) is 5.16 Å². The molecular weight excluding hydrogens is 310 g/mol. The van der Waals surface area contributed by atoms with Crippen LogP contribution in [0.15, 0.2) is 21.8 Å². The molecule has 3 heterocycles. The summed E-state index contributed by atoms with van der Waals surface area (Å²) in [4.78, 5) is 14.0. The number of rotatable bonds is 5. The topological polar surface area (TPSA) is 58.3 Å². The van der Waals surface area contributed by atoms with E-state index in [0.717, 1.165) is 67.3 Å². The van der Waals surface area contributed by atoms with Gasteiger partial charge < -0.3 is 9.42 Å². The lowest BCUT2D eigenvalue weighted by atomic mass is 10.2. The third kappa shape index (κ3) is 4.03. The van der Waals surface area contributed by atoms with Crippen LogP contribution in [0, 0.1) is 6.92 Å². The van der Waals surface area contributed by atoms with Gasteiger partial charge in [-0.05, 0) is 19.6 Å². The number of aromatic nitrogens is 3. The molecule has 0 amide bonds. The highest BCUT2D eigenvalue weighted by atomic mass is 32.2. The van der Waals surface area contributed by atoms with Gasteiger partial charge >= 0.3 is 0 Å². The van der Waals surface area contributed by atoms with E-state index in [9.17, 15) is 0 Å². The number of aryl methyl sites for hydroxylation is 2. The molecule has 1 aliphatic heterocycles. The second-order valence-electron chi connectivity index (χ2n) is 5.75. The SMILES string of the molecule is CCc1cc(N2CCN(Cc3cc(C)on3)CC2)nc(SC)n1. The minimum Gasteiger partial charge on any atom is -0.361 e. The quantitative estimate of drug-likeness (QED) is 0.615. The molecule has 23 heavy (non-hydrogen) atoms. The third-order valence-electron chi connectivity index (χ3n) is 4.05. The van der Waals surface area contributed by atoms with E-state index < -0.39 is 0 Å². The van der Waals surface area contributed by atoms with E-state index in [0.29, 0.717) is 0 Å². The van der Waals surface area contributed by atoms with Crippen LogP contribution in [0.2, 0.25) is 0 Å². The summed E-state index contributed by atoms with van der Waals surface area (Å²) in [6, 6.07) is 4.13. The van der Waals surface area contributed by atoms with Crippen LogP contribution in [0.5, 0.6) is 0 Å². The summed E-state index contributed by atoms with van der Waals surface area (Å²) >= 11 is 1.60. The molecule has 0 atom stereocenters. The van der Waals surface area contributed by atoms with Crippen molar-refractivity contribution in [1.82, 2.24) is 20.0 Å². The number of anilines is 1. The van der Waals surface area contributed by atoms with E-state index >= 15 is 0 Å². The zero-order chi connectivity index (χ0) is 16.2. The summed E-state index contributed by atoms with van der Waals surface area (Å²) in [5.41, 5.74) is 2.12. The zero-order valence-corrected chi connectivity index (χ0v) is 14.8. The Morgan fingerprint density at radius 1 is 1.13 bits per heavy atom. The summed E-state index contributed by atoms with van der Waals surface area (Å²) in [6.07, 6.45) is 2.96. The van der Waals surface area contributed by atoms with Gasteiger partial charge in [0.2, 0.25) is 0 Å². The Balaban J connectivity index is 1.62. The van der Waals surface area contributed by atoms with Crippen LogP contribution in [0.3, 0.4) is 0 Å². The molecule has 0 saturated carbocycles. The molecule has 6 nitrogen and oxygen atoms in total. The van der Waals surface area contributed by atoms with Crippen molar-refractivity contribution >= 4 is 17.6 Å². The van der Waals surface area contributed by atoms with E-state index in [1.807, 2.05) is 19.2 Å². The first-order valence-corrected chi connectivity index (χ1v) is 9.22. The Morgan fingerprint density at radius 2 is 1.91 bits per heavy atom. The molecule has 3 rings (SSSR count). The Kier molecular flexibility index (Phi) is 5.17. The van der Waals surface area contributed by atoms with Crippen molar-refractivity contribution in [2.24, 2.45) is 0 Å². The molecule has 2 aromatic heterocycles. The van der Waals surface area contributed by atoms with Crippen molar-refractivity contribution in [2.45, 2.75) is 32.0 Å². The van der Waals surface area contributed by atoms with Crippen LogP contribution < -0.4 is 4.90 Å². The Labute approximate surface area is 141 Å². The molecule has 1 saturated heterocycles. The molecule has 0 aromatic carbocycles. The van der Waals surface area contributed by atoms with Crippen molar-refractivity contribution in [3.63, 3.8) is 0 Å². The van der Waals surface area contributed by atoms with Gasteiger partial charge in [0, 0.05) is 50.6 Å². The average Bonchev–Trinajstić information content (AvgIpc) is 3.00. The maximum absolute atomic E-state index is 5.14. The van der Waals surface area contributed by atoms with E-state index in [1.54, 1.807) is 11.8 Å². The summed E-state index contributed by atoms with van der Waals surface area (Å²) in [6.45, 7) is 8.88. The Morgan fingerprint density at radius 3 is 2.52 bits per heavy atom. The van der Waals surface area contributed by atoms with Crippen molar-refractivity contribution in [2.75, 3.05) is 37.3 Å². The number of hydrogen-bond acceptors (Lipinski definition) is 7. The fourth-order valence-electron chi connectivity index (χ4n) is 2.75. The van der Waals surface area contributed by atoms with Crippen molar-refractivity contribution in [1.29, 1.82) is 0 Å². The lowest BCUT2D eigenvalue weighted by molar-refractivity contribution is 0.241. The molecule has 1 aliphatic rings. The summed E-state index contributed by atoms with van der Waals surface area (Å²) < 4.78 is 5.14. The molecule has 0 bridgehead atoms. The van der Waals surface area contributed by atoms with Gasteiger partial charge in [-0.2, -0.15) is 0 Å². The van der Waals surface area contributed by atoms with Crippen LogP contribution in [0.4, 0.5) is 5.82 Å². The molecule has 1 fully saturated rings. The van der Waals surface area contributed by atoms with E-state index in [-0.39, 0.29) is 0 Å². The van der Waals surface area contributed by atoms with Gasteiger partial charge in [-0.1, -0.05) is 23.8 Å². The highest BCUT2D eigenvalue weighted by molar-refractivity contribution is 7.98. The first-order valence-electron chi connectivity index (χ1n) is 7.99. The van der Waals surface area contributed by atoms with Gasteiger partial charge in [-0.25, -0.2) is 9.97 Å². The second kappa shape index (κ2) is 7.31. The second-order valence-corrected chi connectivity index (χ2v) is 6.52. The molecule has 124 valence electrons. The summed E-state index contributed by atoms with van der Waals surface area (Å²) in [5.74, 6) is 1.93. The number of piperazine rings is 1. The number of thioether (sulfide) groups is 1. The number of hydrogen-bond donors (Lipinski definition) is 0. The van der Waals surface area contributed by atoms with Gasteiger partial charge in [0.25, 0.3) is 0 Å². The first kappa shape index (κ1) is 16.3. The van der Waals surface area contributed by atoms with Crippen molar-refractivity contribution in [3.05, 3.63) is 29.3 Å². The fraction of sp³-hybridized carbons (Fsp3) is 0.562. The first-order chi connectivity index (χ1) is 11.2. The number of nitrogens with zero attached hydrogens (tertiary/aromatic N) is 5. The maximum Gasteiger partial charge on any atom is 0.189 e. The van der Waals surface area contributed by atoms with E-state index in [1.165, 1.54) is 0 Å². The van der Waals surface area contributed by atoms with Crippen molar-refractivity contribution in [3.8, 4) is 0 Å². The van der Waals surface area contributed by atoms with Crippen LogP contribution in [0.1, 0.15) is 24.1 Å². The van der Waals surface area contributed by atoms with Crippen molar-refractivity contribution < 1.29 is 4.52 Å². The van der Waals surface area contributed by atoms with E-state index in [2.05, 4.69) is 37.9 Å². The molecule has 0 N–H and O–H groups in total. The molecule has 0 unspecified atom stereocenters. The molecule has 2 aromatic rings. The van der Waals surface area contributed by atoms with E-state index in [4.69, 9.17) is 4.52 Å².